The van der Waals surface area contributed by atoms with Gasteiger partial charge >= 0.3 is 5.97 Å². The van der Waals surface area contributed by atoms with E-state index in [0.29, 0.717) is 56.3 Å². The van der Waals surface area contributed by atoms with E-state index in [2.05, 4.69) is 5.32 Å². The molecule has 0 aliphatic carbocycles. The molecule has 1 aliphatic rings. The van der Waals surface area contributed by atoms with Crippen LogP contribution in [0.2, 0.25) is 10.0 Å². The lowest BCUT2D eigenvalue weighted by molar-refractivity contribution is -0.122. The lowest BCUT2D eigenvalue weighted by atomic mass is 10.1. The minimum atomic E-state index is -1.02. The Kier molecular flexibility index (Phi) is 8.91. The molecule has 33 heavy (non-hydrogen) atoms. The second-order valence-electron chi connectivity index (χ2n) is 7.22. The summed E-state index contributed by atoms with van der Waals surface area (Å²) >= 11 is 18.8. The molecule has 1 fully saturated rings. The number of anilines is 1. The van der Waals surface area contributed by atoms with Crippen molar-refractivity contribution in [3.8, 4) is 0 Å². The van der Waals surface area contributed by atoms with Crippen molar-refractivity contribution in [2.45, 2.75) is 25.7 Å². The fourth-order valence-electron chi connectivity index (χ4n) is 3.12. The number of rotatable bonds is 9. The predicted molar refractivity (Wildman–Crippen MR) is 137 cm³/mol. The van der Waals surface area contributed by atoms with Gasteiger partial charge in [0.1, 0.15) is 4.32 Å². The number of unbranched alkanes of at least 4 members (excludes halogenated alkanes) is 2. The van der Waals surface area contributed by atoms with E-state index >= 15 is 0 Å². The second kappa shape index (κ2) is 11.7. The molecule has 1 saturated heterocycles. The monoisotopic (exact) mass is 522 g/mol. The fraction of sp³-hybridized carbons (Fsp3) is 0.217. The number of halogens is 2. The highest BCUT2D eigenvalue weighted by atomic mass is 35.5. The molecule has 0 saturated carbocycles. The zero-order valence-electron chi connectivity index (χ0n) is 17.3. The number of benzene rings is 2. The molecule has 0 spiro atoms. The maximum atomic E-state index is 12.7. The molecule has 0 radical (unpaired) electrons. The van der Waals surface area contributed by atoms with Crippen molar-refractivity contribution in [2.75, 3.05) is 11.9 Å². The van der Waals surface area contributed by atoms with Crippen molar-refractivity contribution in [3.63, 3.8) is 0 Å². The van der Waals surface area contributed by atoms with Gasteiger partial charge in [-0.05, 0) is 54.8 Å². The largest absolute Gasteiger partial charge is 0.478 e. The quantitative estimate of drug-likeness (QED) is 0.235. The normalized spacial score (nSPS) is 14.7. The number of amides is 2. The highest BCUT2D eigenvalue weighted by molar-refractivity contribution is 8.26. The van der Waals surface area contributed by atoms with Crippen LogP contribution in [0.5, 0.6) is 0 Å². The van der Waals surface area contributed by atoms with Crippen LogP contribution in [0.4, 0.5) is 5.69 Å². The van der Waals surface area contributed by atoms with Crippen LogP contribution < -0.4 is 5.32 Å². The van der Waals surface area contributed by atoms with Gasteiger partial charge in [-0.3, -0.25) is 14.5 Å². The third kappa shape index (κ3) is 6.80. The predicted octanol–water partition coefficient (Wildman–Crippen LogP) is 6.09. The lowest BCUT2D eigenvalue weighted by Crippen LogP contribution is -2.29. The summed E-state index contributed by atoms with van der Waals surface area (Å²) in [6.45, 7) is 0.476. The number of nitrogens with zero attached hydrogens (tertiary/aromatic N) is 1. The summed E-state index contributed by atoms with van der Waals surface area (Å²) < 4.78 is 0.493. The summed E-state index contributed by atoms with van der Waals surface area (Å²) in [5, 5.41) is 12.5. The number of hydrogen-bond donors (Lipinski definition) is 2. The van der Waals surface area contributed by atoms with Gasteiger partial charge in [0.2, 0.25) is 5.91 Å². The molecule has 0 aromatic heterocycles. The van der Waals surface area contributed by atoms with Crippen molar-refractivity contribution in [1.29, 1.82) is 0 Å². The van der Waals surface area contributed by atoms with Crippen LogP contribution in [0.3, 0.4) is 0 Å². The Morgan fingerprint density at radius 1 is 1.09 bits per heavy atom. The molecular formula is C23H20Cl2N2O4S2. The molecule has 1 heterocycles. The van der Waals surface area contributed by atoms with Crippen molar-refractivity contribution in [3.05, 3.63) is 68.5 Å². The molecule has 172 valence electrons. The Balaban J connectivity index is 1.43. The summed E-state index contributed by atoms with van der Waals surface area (Å²) in [6.07, 6.45) is 4.13. The van der Waals surface area contributed by atoms with Gasteiger partial charge in [0.05, 0.1) is 20.5 Å². The number of carboxylic acids is 1. The van der Waals surface area contributed by atoms with E-state index in [-0.39, 0.29) is 17.4 Å². The molecule has 10 heteroatoms. The van der Waals surface area contributed by atoms with Gasteiger partial charge in [-0.25, -0.2) is 4.79 Å². The molecule has 0 bridgehead atoms. The fourth-order valence-corrected chi connectivity index (χ4v) is 4.78. The number of thiocarbonyl (C=S) groups is 1. The van der Waals surface area contributed by atoms with Gasteiger partial charge in [0, 0.05) is 18.7 Å². The molecule has 3 rings (SSSR count). The second-order valence-corrected chi connectivity index (χ2v) is 9.68. The molecule has 1 aliphatic heterocycles. The Morgan fingerprint density at radius 3 is 2.52 bits per heavy atom. The molecular weight excluding hydrogens is 503 g/mol. The SMILES string of the molecule is O=C(CCCCCN1C(=O)/C(=C/c2cccc(Cl)c2Cl)SC1=S)Nc1ccc(C(=O)O)cc1. The van der Waals surface area contributed by atoms with Crippen LogP contribution in [0, 0.1) is 0 Å². The van der Waals surface area contributed by atoms with E-state index < -0.39 is 5.97 Å². The zero-order valence-corrected chi connectivity index (χ0v) is 20.5. The lowest BCUT2D eigenvalue weighted by Gasteiger charge is -2.14. The minimum Gasteiger partial charge on any atom is -0.478 e. The van der Waals surface area contributed by atoms with Crippen molar-refractivity contribution in [1.82, 2.24) is 4.90 Å². The van der Waals surface area contributed by atoms with Crippen LogP contribution >= 0.6 is 47.2 Å². The number of nitrogens with one attached hydrogen (secondary N) is 1. The Bertz CT molecular complexity index is 1120. The minimum absolute atomic E-state index is 0.148. The third-order valence-corrected chi connectivity index (χ3v) is 7.05. The maximum Gasteiger partial charge on any atom is 0.335 e. The smallest absolute Gasteiger partial charge is 0.335 e. The van der Waals surface area contributed by atoms with Gasteiger partial charge in [-0.1, -0.05) is 65.7 Å². The summed E-state index contributed by atoms with van der Waals surface area (Å²) in [6, 6.07) is 11.2. The molecule has 6 nitrogen and oxygen atoms in total. The van der Waals surface area contributed by atoms with Gasteiger partial charge < -0.3 is 10.4 Å². The van der Waals surface area contributed by atoms with Gasteiger partial charge in [0.15, 0.2) is 0 Å². The highest BCUT2D eigenvalue weighted by Crippen LogP contribution is 2.35. The van der Waals surface area contributed by atoms with Crippen LogP contribution in [-0.4, -0.2) is 38.7 Å². The Labute approximate surface area is 210 Å². The standard InChI is InChI=1S/C23H20Cl2N2O4S2/c24-17-6-4-5-15(20(17)25)13-18-21(29)27(23(32)33-18)12-3-1-2-7-19(28)26-16-10-8-14(9-11-16)22(30)31/h4-6,8-11,13H,1-3,7,12H2,(H,26,28)(H,30,31)/b18-13-. The van der Waals surface area contributed by atoms with Crippen molar-refractivity contribution >= 4 is 81.0 Å². The van der Waals surface area contributed by atoms with Crippen LogP contribution in [0.15, 0.2) is 47.4 Å². The van der Waals surface area contributed by atoms with E-state index in [1.54, 1.807) is 41.3 Å². The third-order valence-electron chi connectivity index (χ3n) is 4.84. The zero-order chi connectivity index (χ0) is 24.0. The Morgan fingerprint density at radius 2 is 1.82 bits per heavy atom. The summed E-state index contributed by atoms with van der Waals surface area (Å²) in [7, 11) is 0. The number of carboxylic acid groups (broad SMARTS) is 1. The summed E-state index contributed by atoms with van der Waals surface area (Å²) in [4.78, 5) is 37.7. The Hall–Kier alpha value is -2.39. The molecule has 2 aromatic carbocycles. The van der Waals surface area contributed by atoms with Gasteiger partial charge in [-0.2, -0.15) is 0 Å². The summed E-state index contributed by atoms with van der Waals surface area (Å²) in [5.41, 5.74) is 1.37. The summed E-state index contributed by atoms with van der Waals surface area (Å²) in [5.74, 6) is -1.33. The number of aromatic carboxylic acids is 1. The molecule has 2 amide bonds. The van der Waals surface area contributed by atoms with Crippen molar-refractivity contribution in [2.24, 2.45) is 0 Å². The van der Waals surface area contributed by atoms with E-state index in [0.717, 1.165) is 6.42 Å². The average molecular weight is 523 g/mol. The average Bonchev–Trinajstić information content (AvgIpc) is 3.04. The van der Waals surface area contributed by atoms with Crippen LogP contribution in [0.1, 0.15) is 41.6 Å². The topological polar surface area (TPSA) is 86.7 Å². The molecule has 0 unspecified atom stereocenters. The molecule has 0 atom stereocenters. The van der Waals surface area contributed by atoms with E-state index in [1.807, 2.05) is 0 Å². The van der Waals surface area contributed by atoms with E-state index in [1.165, 1.54) is 23.9 Å². The van der Waals surface area contributed by atoms with Gasteiger partial charge in [-0.15, -0.1) is 0 Å². The molecule has 2 N–H and O–H groups in total. The first-order valence-corrected chi connectivity index (χ1v) is 12.1. The first kappa shape index (κ1) is 25.2. The first-order chi connectivity index (χ1) is 15.8. The van der Waals surface area contributed by atoms with Crippen molar-refractivity contribution < 1.29 is 19.5 Å². The number of carbonyl (C=O) groups excluding carboxylic acids is 2. The van der Waals surface area contributed by atoms with Crippen LogP contribution in [0.25, 0.3) is 6.08 Å². The highest BCUT2D eigenvalue weighted by Gasteiger charge is 2.31. The first-order valence-electron chi connectivity index (χ1n) is 10.1. The van der Waals surface area contributed by atoms with Crippen LogP contribution in [-0.2, 0) is 9.59 Å². The number of carbonyl (C=O) groups is 3. The molecule has 2 aromatic rings. The van der Waals surface area contributed by atoms with E-state index in [4.69, 9.17) is 40.5 Å². The number of hydrogen-bond acceptors (Lipinski definition) is 5. The van der Waals surface area contributed by atoms with Gasteiger partial charge in [0.25, 0.3) is 5.91 Å². The van der Waals surface area contributed by atoms with E-state index in [9.17, 15) is 14.4 Å². The maximum absolute atomic E-state index is 12.7. The number of thioether (sulfide) groups is 1.